The molecule has 12 heteroatoms. The van der Waals surface area contributed by atoms with Crippen LogP contribution in [0.3, 0.4) is 0 Å². The van der Waals surface area contributed by atoms with Gasteiger partial charge in [0.15, 0.2) is 6.04 Å². The second-order valence-electron chi connectivity index (χ2n) is 5.19. The highest BCUT2D eigenvalue weighted by molar-refractivity contribution is 8.70. The number of hydrogen-bond donors (Lipinski definition) is 3. The number of carboxylic acids is 1. The van der Waals surface area contributed by atoms with Gasteiger partial charge in [0.2, 0.25) is 11.8 Å². The van der Waals surface area contributed by atoms with Crippen molar-refractivity contribution in [3.05, 3.63) is 11.0 Å². The Kier molecular flexibility index (Phi) is 5.83. The van der Waals surface area contributed by atoms with Crippen LogP contribution in [-0.4, -0.2) is 64.0 Å². The van der Waals surface area contributed by atoms with Crippen LogP contribution in [0.15, 0.2) is 11.0 Å². The van der Waals surface area contributed by atoms with Crippen LogP contribution >= 0.6 is 22.6 Å². The van der Waals surface area contributed by atoms with Gasteiger partial charge in [0.25, 0.3) is 0 Å². The van der Waals surface area contributed by atoms with E-state index in [1.807, 2.05) is 6.92 Å². The van der Waals surface area contributed by atoms with Gasteiger partial charge in [-0.1, -0.05) is 6.92 Å². The standard InChI is InChI=1S/C12H16N2O7S3/c1-2-3-7(15)13-8-10(16)14-9(12(17)18)6(4-22-11(8)14)5-23-24(19,20)21/h4,8-9,11H,2-3,5H2,1H3,(H,13,15)(H,17,18)(H,19,20,21)/t8?,9?,11-/m1/s1. The highest BCUT2D eigenvalue weighted by atomic mass is 33.1. The fourth-order valence-electron chi connectivity index (χ4n) is 2.44. The number of nitrogens with one attached hydrogen (secondary N) is 1. The van der Waals surface area contributed by atoms with Gasteiger partial charge in [-0.05, 0) is 17.4 Å². The molecule has 2 aliphatic rings. The number of hydrogen-bond acceptors (Lipinski definition) is 7. The van der Waals surface area contributed by atoms with Crippen LogP contribution in [0.1, 0.15) is 19.8 Å². The van der Waals surface area contributed by atoms with Crippen molar-refractivity contribution >= 4 is 49.5 Å². The molecule has 0 aromatic rings. The second kappa shape index (κ2) is 7.33. The number of carbonyl (C=O) groups is 3. The average Bonchev–Trinajstić information content (AvgIpc) is 2.48. The third-order valence-electron chi connectivity index (χ3n) is 3.47. The molecule has 9 nitrogen and oxygen atoms in total. The monoisotopic (exact) mass is 396 g/mol. The summed E-state index contributed by atoms with van der Waals surface area (Å²) in [6, 6.07) is -2.10. The second-order valence-corrected chi connectivity index (χ2v) is 9.53. The molecule has 1 saturated heterocycles. The molecule has 0 aromatic carbocycles. The predicted molar refractivity (Wildman–Crippen MR) is 88.6 cm³/mol. The Morgan fingerprint density at radius 2 is 2.12 bits per heavy atom. The lowest BCUT2D eigenvalue weighted by molar-refractivity contribution is -0.160. The zero-order valence-corrected chi connectivity index (χ0v) is 15.0. The van der Waals surface area contributed by atoms with E-state index < -0.39 is 38.5 Å². The zero-order valence-electron chi connectivity index (χ0n) is 12.5. The van der Waals surface area contributed by atoms with Crippen molar-refractivity contribution in [3.63, 3.8) is 0 Å². The van der Waals surface area contributed by atoms with E-state index in [-0.39, 0.29) is 34.4 Å². The van der Waals surface area contributed by atoms with Gasteiger partial charge in [0, 0.05) is 23.0 Å². The fourth-order valence-corrected chi connectivity index (χ4v) is 5.16. The lowest BCUT2D eigenvalue weighted by Crippen LogP contribution is -2.73. The Morgan fingerprint density at radius 3 is 2.67 bits per heavy atom. The van der Waals surface area contributed by atoms with E-state index in [1.54, 1.807) is 0 Å². The van der Waals surface area contributed by atoms with E-state index in [1.165, 1.54) is 5.41 Å². The molecule has 0 aliphatic carbocycles. The van der Waals surface area contributed by atoms with Crippen molar-refractivity contribution in [2.45, 2.75) is 37.2 Å². The molecule has 2 aliphatic heterocycles. The van der Waals surface area contributed by atoms with Crippen LogP contribution in [0.4, 0.5) is 0 Å². The van der Waals surface area contributed by atoms with Gasteiger partial charge in [-0.15, -0.1) is 11.8 Å². The maximum absolute atomic E-state index is 12.2. The van der Waals surface area contributed by atoms with E-state index >= 15 is 0 Å². The van der Waals surface area contributed by atoms with Crippen LogP contribution < -0.4 is 5.32 Å². The molecule has 1 fully saturated rings. The third-order valence-corrected chi connectivity index (χ3v) is 6.68. The Labute approximate surface area is 146 Å². The summed E-state index contributed by atoms with van der Waals surface area (Å²) in [7, 11) is -4.14. The molecule has 3 N–H and O–H groups in total. The van der Waals surface area contributed by atoms with Crippen molar-refractivity contribution in [3.8, 4) is 0 Å². The van der Waals surface area contributed by atoms with Crippen LogP contribution in [0.25, 0.3) is 0 Å². The summed E-state index contributed by atoms with van der Waals surface area (Å²) in [6.07, 6.45) is 0.901. The maximum Gasteiger partial charge on any atom is 0.330 e. The first-order valence-electron chi connectivity index (χ1n) is 6.96. The normalized spacial score (nSPS) is 26.2. The van der Waals surface area contributed by atoms with Crippen LogP contribution in [-0.2, 0) is 23.5 Å². The zero-order chi connectivity index (χ0) is 18.1. The third kappa shape index (κ3) is 4.05. The molecular formula is C12H16N2O7S3. The van der Waals surface area contributed by atoms with Crippen LogP contribution in [0.2, 0.25) is 0 Å². The van der Waals surface area contributed by atoms with Gasteiger partial charge in [0.05, 0.1) is 0 Å². The SMILES string of the molecule is CCCC(=O)NC1C(=O)N2C(C(=O)O)C(CSS(=O)(=O)O)=CS[C@H]12. The lowest BCUT2D eigenvalue weighted by Gasteiger charge is -2.51. The number of aliphatic carboxylic acids is 1. The molecule has 2 amide bonds. The molecule has 24 heavy (non-hydrogen) atoms. The summed E-state index contributed by atoms with van der Waals surface area (Å²) in [5.74, 6) is -2.37. The number of carboxylic acid groups (broad SMARTS) is 1. The number of β-lactam (4-membered cyclic amide) rings is 1. The summed E-state index contributed by atoms with van der Waals surface area (Å²) < 4.78 is 30.4. The molecule has 0 spiro atoms. The Hall–Kier alpha value is -1.24. The van der Waals surface area contributed by atoms with Crippen molar-refractivity contribution in [1.82, 2.24) is 10.2 Å². The highest BCUT2D eigenvalue weighted by Crippen LogP contribution is 2.41. The largest absolute Gasteiger partial charge is 0.479 e. The number of nitrogens with zero attached hydrogens (tertiary/aromatic N) is 1. The molecule has 134 valence electrons. The van der Waals surface area contributed by atoms with Gasteiger partial charge in [-0.25, -0.2) is 4.79 Å². The van der Waals surface area contributed by atoms with Crippen molar-refractivity contribution < 1.29 is 32.5 Å². The Morgan fingerprint density at radius 1 is 1.46 bits per heavy atom. The molecule has 2 heterocycles. The smallest absolute Gasteiger partial charge is 0.330 e. The molecule has 0 saturated carbocycles. The van der Waals surface area contributed by atoms with E-state index in [4.69, 9.17) is 4.55 Å². The molecular weight excluding hydrogens is 380 g/mol. The lowest BCUT2D eigenvalue weighted by atomic mass is 9.98. The quantitative estimate of drug-likeness (QED) is 0.309. The summed E-state index contributed by atoms with van der Waals surface area (Å²) in [5.41, 5.74) is 0.193. The first kappa shape index (κ1) is 19.1. The molecule has 0 radical (unpaired) electrons. The summed E-state index contributed by atoms with van der Waals surface area (Å²) in [4.78, 5) is 36.5. The summed E-state index contributed by atoms with van der Waals surface area (Å²) >= 11 is 1.14. The van der Waals surface area contributed by atoms with E-state index in [0.29, 0.717) is 6.42 Å². The summed E-state index contributed by atoms with van der Waals surface area (Å²) in [6.45, 7) is 1.83. The fraction of sp³-hybridized carbons (Fsp3) is 0.583. The van der Waals surface area contributed by atoms with Gasteiger partial charge in [-0.3, -0.25) is 14.1 Å². The van der Waals surface area contributed by atoms with Crippen LogP contribution in [0, 0.1) is 0 Å². The van der Waals surface area contributed by atoms with E-state index in [9.17, 15) is 27.9 Å². The molecule has 0 bridgehead atoms. The first-order valence-corrected chi connectivity index (χ1v) is 10.8. The average molecular weight is 396 g/mol. The first-order chi connectivity index (χ1) is 11.2. The number of carbonyl (C=O) groups excluding carboxylic acids is 2. The van der Waals surface area contributed by atoms with Crippen molar-refractivity contribution in [1.29, 1.82) is 0 Å². The maximum atomic E-state index is 12.2. The summed E-state index contributed by atoms with van der Waals surface area (Å²) in [5, 5.41) is 12.9. The minimum absolute atomic E-state index is 0.183. The van der Waals surface area contributed by atoms with E-state index in [0.717, 1.165) is 16.7 Å². The number of amides is 2. The van der Waals surface area contributed by atoms with E-state index in [2.05, 4.69) is 5.32 Å². The number of thioether (sulfide) groups is 1. The minimum Gasteiger partial charge on any atom is -0.479 e. The van der Waals surface area contributed by atoms with Crippen LogP contribution in [0.5, 0.6) is 0 Å². The van der Waals surface area contributed by atoms with Gasteiger partial charge in [0.1, 0.15) is 11.4 Å². The van der Waals surface area contributed by atoms with Gasteiger partial charge in [-0.2, -0.15) is 8.42 Å². The minimum atomic E-state index is -4.32. The Balaban J connectivity index is 2.14. The van der Waals surface area contributed by atoms with Gasteiger partial charge < -0.3 is 15.3 Å². The van der Waals surface area contributed by atoms with Gasteiger partial charge >= 0.3 is 15.1 Å². The highest BCUT2D eigenvalue weighted by Gasteiger charge is 2.55. The molecule has 2 unspecified atom stereocenters. The molecule has 2 rings (SSSR count). The number of fused-ring (bicyclic) bond motifs is 1. The predicted octanol–water partition coefficient (Wildman–Crippen LogP) is 0.0595. The number of rotatable bonds is 7. The molecule has 3 atom stereocenters. The van der Waals surface area contributed by atoms with Crippen molar-refractivity contribution in [2.24, 2.45) is 0 Å². The van der Waals surface area contributed by atoms with Crippen molar-refractivity contribution in [2.75, 3.05) is 5.75 Å². The Bertz CT molecular complexity index is 691. The molecule has 0 aromatic heterocycles. The topological polar surface area (TPSA) is 141 Å².